The van der Waals surface area contributed by atoms with E-state index in [0.29, 0.717) is 0 Å². The highest BCUT2D eigenvalue weighted by Gasteiger charge is 2.38. The lowest BCUT2D eigenvalue weighted by Crippen LogP contribution is -2.22. The van der Waals surface area contributed by atoms with E-state index in [1.54, 1.807) is 7.11 Å². The smallest absolute Gasteiger partial charge is 0.125 e. The molecule has 0 aliphatic heterocycles. The molecule has 1 atom stereocenters. The molecule has 2 rings (SSSR count). The third kappa shape index (κ3) is 2.43. The Hall–Kier alpha value is -0.540. The van der Waals surface area contributed by atoms with Crippen molar-refractivity contribution in [2.45, 2.75) is 45.6 Å². The van der Waals surface area contributed by atoms with E-state index in [2.05, 4.69) is 22.9 Å². The first-order valence-electron chi connectivity index (χ1n) is 6.50. The molecule has 1 unspecified atom stereocenters. The van der Waals surface area contributed by atoms with Crippen molar-refractivity contribution in [1.29, 1.82) is 0 Å². The van der Waals surface area contributed by atoms with Crippen molar-refractivity contribution >= 4 is 15.9 Å². The fourth-order valence-electron chi connectivity index (χ4n) is 2.89. The Morgan fingerprint density at radius 3 is 2.50 bits per heavy atom. The predicted octanol–water partition coefficient (Wildman–Crippen LogP) is 4.38. The summed E-state index contributed by atoms with van der Waals surface area (Å²) in [6, 6.07) is 3.99. The van der Waals surface area contributed by atoms with Crippen molar-refractivity contribution in [3.8, 4) is 5.75 Å². The molecule has 1 aromatic carbocycles. The third-order valence-electron chi connectivity index (χ3n) is 4.21. The first kappa shape index (κ1) is 13.9. The number of hydrogen-bond acceptors (Lipinski definition) is 2. The van der Waals surface area contributed by atoms with Gasteiger partial charge in [0.1, 0.15) is 5.75 Å². The van der Waals surface area contributed by atoms with Crippen molar-refractivity contribution < 1.29 is 9.84 Å². The molecule has 1 fully saturated rings. The summed E-state index contributed by atoms with van der Waals surface area (Å²) in [5, 5.41) is 10.7. The highest BCUT2D eigenvalue weighted by atomic mass is 79.9. The molecule has 0 saturated heterocycles. The van der Waals surface area contributed by atoms with Crippen LogP contribution >= 0.6 is 15.9 Å². The number of methoxy groups -OCH3 is 1. The molecule has 1 saturated carbocycles. The van der Waals surface area contributed by atoms with Crippen LogP contribution in [-0.2, 0) is 0 Å². The normalized spacial score (nSPS) is 19.8. The standard InChI is InChI=1S/C15H21BrO2/c1-10-8-13(18-3)11(9-12(10)16)14(17)15(2)6-4-5-7-15/h8-9,14,17H,4-7H2,1-3H3. The Morgan fingerprint density at radius 2 is 1.94 bits per heavy atom. The van der Waals surface area contributed by atoms with Crippen molar-refractivity contribution in [3.63, 3.8) is 0 Å². The second-order valence-electron chi connectivity index (χ2n) is 5.61. The average molecular weight is 313 g/mol. The van der Waals surface area contributed by atoms with Gasteiger partial charge in [0.05, 0.1) is 13.2 Å². The molecule has 100 valence electrons. The van der Waals surface area contributed by atoms with Gasteiger partial charge < -0.3 is 9.84 Å². The molecule has 0 amide bonds. The molecule has 1 aliphatic rings. The number of ether oxygens (including phenoxy) is 1. The molecule has 1 N–H and O–H groups in total. The van der Waals surface area contributed by atoms with Crippen LogP contribution in [0.5, 0.6) is 5.75 Å². The molecule has 1 aromatic rings. The van der Waals surface area contributed by atoms with Gasteiger partial charge in [-0.25, -0.2) is 0 Å². The van der Waals surface area contributed by atoms with E-state index in [4.69, 9.17) is 4.74 Å². The van der Waals surface area contributed by atoms with E-state index in [-0.39, 0.29) is 5.41 Å². The first-order chi connectivity index (χ1) is 8.48. The largest absolute Gasteiger partial charge is 0.496 e. The lowest BCUT2D eigenvalue weighted by atomic mass is 9.79. The monoisotopic (exact) mass is 312 g/mol. The molecular weight excluding hydrogens is 292 g/mol. The highest BCUT2D eigenvalue weighted by molar-refractivity contribution is 9.10. The van der Waals surface area contributed by atoms with E-state index in [1.807, 2.05) is 19.1 Å². The van der Waals surface area contributed by atoms with Crippen LogP contribution in [0.1, 0.15) is 49.8 Å². The third-order valence-corrected chi connectivity index (χ3v) is 5.07. The van der Waals surface area contributed by atoms with Crippen molar-refractivity contribution in [3.05, 3.63) is 27.7 Å². The maximum Gasteiger partial charge on any atom is 0.125 e. The Morgan fingerprint density at radius 1 is 1.33 bits per heavy atom. The minimum atomic E-state index is -0.452. The Labute approximate surface area is 117 Å². The molecule has 0 spiro atoms. The SMILES string of the molecule is COc1cc(C)c(Br)cc1C(O)C1(C)CCCC1. The molecule has 3 heteroatoms. The fraction of sp³-hybridized carbons (Fsp3) is 0.600. The molecule has 0 radical (unpaired) electrons. The van der Waals surface area contributed by atoms with E-state index < -0.39 is 6.10 Å². The van der Waals surface area contributed by atoms with Crippen LogP contribution in [0.25, 0.3) is 0 Å². The van der Waals surface area contributed by atoms with Gasteiger partial charge in [-0.05, 0) is 42.9 Å². The van der Waals surface area contributed by atoms with Crippen LogP contribution < -0.4 is 4.74 Å². The summed E-state index contributed by atoms with van der Waals surface area (Å²) in [4.78, 5) is 0. The summed E-state index contributed by atoms with van der Waals surface area (Å²) >= 11 is 3.54. The molecule has 0 aromatic heterocycles. The van der Waals surface area contributed by atoms with Gasteiger partial charge in [-0.1, -0.05) is 35.7 Å². The van der Waals surface area contributed by atoms with Gasteiger partial charge >= 0.3 is 0 Å². The topological polar surface area (TPSA) is 29.5 Å². The van der Waals surface area contributed by atoms with Crippen LogP contribution in [-0.4, -0.2) is 12.2 Å². The Balaban J connectivity index is 2.40. The number of hydrogen-bond donors (Lipinski definition) is 1. The summed E-state index contributed by atoms with van der Waals surface area (Å²) in [6.07, 6.45) is 4.14. The zero-order valence-corrected chi connectivity index (χ0v) is 12.9. The minimum absolute atomic E-state index is 0.0119. The van der Waals surface area contributed by atoms with Crippen molar-refractivity contribution in [2.75, 3.05) is 7.11 Å². The van der Waals surface area contributed by atoms with Crippen LogP contribution in [0.4, 0.5) is 0 Å². The van der Waals surface area contributed by atoms with E-state index in [9.17, 15) is 5.11 Å². The van der Waals surface area contributed by atoms with Gasteiger partial charge in [-0.3, -0.25) is 0 Å². The van der Waals surface area contributed by atoms with Gasteiger partial charge in [-0.15, -0.1) is 0 Å². The van der Waals surface area contributed by atoms with E-state index in [0.717, 1.165) is 34.2 Å². The molecule has 18 heavy (non-hydrogen) atoms. The number of benzene rings is 1. The second kappa shape index (κ2) is 5.22. The maximum atomic E-state index is 10.7. The van der Waals surface area contributed by atoms with Crippen LogP contribution in [0.3, 0.4) is 0 Å². The molecule has 0 heterocycles. The number of halogens is 1. The lowest BCUT2D eigenvalue weighted by molar-refractivity contribution is 0.0388. The average Bonchev–Trinajstić information content (AvgIpc) is 2.79. The van der Waals surface area contributed by atoms with Gasteiger partial charge in [0, 0.05) is 10.0 Å². The Kier molecular flexibility index (Phi) is 4.02. The first-order valence-corrected chi connectivity index (χ1v) is 7.29. The Bertz CT molecular complexity index is 436. The molecular formula is C15H21BrO2. The molecule has 0 bridgehead atoms. The summed E-state index contributed by atoms with van der Waals surface area (Å²) in [6.45, 7) is 4.21. The van der Waals surface area contributed by atoms with Gasteiger partial charge in [-0.2, -0.15) is 0 Å². The summed E-state index contributed by atoms with van der Waals surface area (Å²) in [5.41, 5.74) is 2.01. The number of aliphatic hydroxyl groups is 1. The predicted molar refractivity (Wildman–Crippen MR) is 77.0 cm³/mol. The number of aliphatic hydroxyl groups excluding tert-OH is 1. The zero-order valence-electron chi connectivity index (χ0n) is 11.3. The van der Waals surface area contributed by atoms with Crippen molar-refractivity contribution in [1.82, 2.24) is 0 Å². The lowest BCUT2D eigenvalue weighted by Gasteiger charge is -2.31. The van der Waals surface area contributed by atoms with E-state index in [1.165, 1.54) is 12.8 Å². The van der Waals surface area contributed by atoms with Crippen LogP contribution in [0, 0.1) is 12.3 Å². The van der Waals surface area contributed by atoms with Crippen LogP contribution in [0.15, 0.2) is 16.6 Å². The minimum Gasteiger partial charge on any atom is -0.496 e. The summed E-state index contributed by atoms with van der Waals surface area (Å²) < 4.78 is 6.45. The van der Waals surface area contributed by atoms with Gasteiger partial charge in [0.25, 0.3) is 0 Å². The van der Waals surface area contributed by atoms with Gasteiger partial charge in [0.15, 0.2) is 0 Å². The number of rotatable bonds is 3. The van der Waals surface area contributed by atoms with E-state index >= 15 is 0 Å². The number of aryl methyl sites for hydroxylation is 1. The molecule has 1 aliphatic carbocycles. The van der Waals surface area contributed by atoms with Gasteiger partial charge in [0.2, 0.25) is 0 Å². The van der Waals surface area contributed by atoms with Crippen molar-refractivity contribution in [2.24, 2.45) is 5.41 Å². The fourth-order valence-corrected chi connectivity index (χ4v) is 3.25. The van der Waals surface area contributed by atoms with Crippen LogP contribution in [0.2, 0.25) is 0 Å². The zero-order chi connectivity index (χ0) is 13.3. The summed E-state index contributed by atoms with van der Waals surface area (Å²) in [5.74, 6) is 0.788. The maximum absolute atomic E-state index is 10.7. The quantitative estimate of drug-likeness (QED) is 0.897. The molecule has 2 nitrogen and oxygen atoms in total. The summed E-state index contributed by atoms with van der Waals surface area (Å²) in [7, 11) is 1.66. The second-order valence-corrected chi connectivity index (χ2v) is 6.46. The highest BCUT2D eigenvalue weighted by Crippen LogP contribution is 2.49.